The normalized spacial score (nSPS) is 17.9. The Kier molecular flexibility index (Phi) is 5.32. The molecular formula is C19H23ClN6O2S. The van der Waals surface area contributed by atoms with Gasteiger partial charge in [-0.15, -0.1) is 0 Å². The minimum atomic E-state index is -0.229. The Morgan fingerprint density at radius 3 is 2.83 bits per heavy atom. The van der Waals surface area contributed by atoms with Crippen molar-refractivity contribution >= 4 is 40.8 Å². The molecule has 8 nitrogen and oxygen atoms in total. The SMILES string of the molecule is CC1(N)CCN(c2c(CO)nc(Sc3ccnc(N)c3Cl)c3c2CNC3=O)CC1. The number of nitrogens with two attached hydrogens (primary N) is 2. The highest BCUT2D eigenvalue weighted by molar-refractivity contribution is 7.99. The fraction of sp³-hybridized carbons (Fsp3) is 0.421. The molecule has 0 unspecified atom stereocenters. The molecule has 2 aliphatic heterocycles. The number of hydrogen-bond acceptors (Lipinski definition) is 8. The topological polar surface area (TPSA) is 130 Å². The molecule has 2 aromatic heterocycles. The second kappa shape index (κ2) is 7.64. The first-order chi connectivity index (χ1) is 13.8. The van der Waals surface area contributed by atoms with Gasteiger partial charge in [-0.05, 0) is 25.8 Å². The zero-order valence-electron chi connectivity index (χ0n) is 16.0. The number of fused-ring (bicyclic) bond motifs is 1. The number of nitrogens with zero attached hydrogens (tertiary/aromatic N) is 3. The average molecular weight is 435 g/mol. The van der Waals surface area contributed by atoms with Gasteiger partial charge in [-0.1, -0.05) is 23.4 Å². The summed E-state index contributed by atoms with van der Waals surface area (Å²) < 4.78 is 0. The fourth-order valence-corrected chi connectivity index (χ4v) is 4.97. The molecule has 4 heterocycles. The molecule has 0 saturated carbocycles. The highest BCUT2D eigenvalue weighted by Gasteiger charge is 2.34. The molecule has 0 atom stereocenters. The number of halogens is 1. The van der Waals surface area contributed by atoms with Crippen LogP contribution in [0.4, 0.5) is 11.5 Å². The summed E-state index contributed by atoms with van der Waals surface area (Å²) in [6, 6.07) is 1.73. The van der Waals surface area contributed by atoms with Gasteiger partial charge in [-0.25, -0.2) is 9.97 Å². The monoisotopic (exact) mass is 434 g/mol. The van der Waals surface area contributed by atoms with E-state index in [4.69, 9.17) is 23.1 Å². The Morgan fingerprint density at radius 1 is 1.41 bits per heavy atom. The Hall–Kier alpha value is -2.07. The highest BCUT2D eigenvalue weighted by atomic mass is 35.5. The fourth-order valence-electron chi connectivity index (χ4n) is 3.74. The number of aliphatic hydroxyl groups is 1. The van der Waals surface area contributed by atoms with E-state index in [0.29, 0.717) is 32.7 Å². The van der Waals surface area contributed by atoms with Gasteiger partial charge in [-0.2, -0.15) is 0 Å². The molecule has 1 saturated heterocycles. The van der Waals surface area contributed by atoms with Crippen LogP contribution >= 0.6 is 23.4 Å². The number of carbonyl (C=O) groups excluding carboxylic acids is 1. The van der Waals surface area contributed by atoms with E-state index in [1.807, 2.05) is 0 Å². The Bertz CT molecular complexity index is 974. The molecule has 0 spiro atoms. The van der Waals surface area contributed by atoms with Crippen LogP contribution in [0.5, 0.6) is 0 Å². The molecule has 0 radical (unpaired) electrons. The first kappa shape index (κ1) is 20.2. The van der Waals surface area contributed by atoms with Gasteiger partial charge in [0.2, 0.25) is 0 Å². The quantitative estimate of drug-likeness (QED) is 0.574. The van der Waals surface area contributed by atoms with E-state index in [9.17, 15) is 9.90 Å². The maximum atomic E-state index is 12.6. The van der Waals surface area contributed by atoms with Crippen LogP contribution in [0.1, 0.15) is 41.4 Å². The minimum absolute atomic E-state index is 0.181. The van der Waals surface area contributed by atoms with Crippen LogP contribution in [0.3, 0.4) is 0 Å². The number of carbonyl (C=O) groups is 1. The van der Waals surface area contributed by atoms with Gasteiger partial charge >= 0.3 is 0 Å². The molecule has 4 rings (SSSR count). The summed E-state index contributed by atoms with van der Waals surface area (Å²) in [5, 5.41) is 13.8. The second-order valence-corrected chi connectivity index (χ2v) is 9.07. The van der Waals surface area contributed by atoms with Crippen LogP contribution in [-0.2, 0) is 13.2 Å². The number of nitrogen functional groups attached to an aromatic ring is 1. The first-order valence-corrected chi connectivity index (χ1v) is 10.6. The highest BCUT2D eigenvalue weighted by Crippen LogP contribution is 2.42. The van der Waals surface area contributed by atoms with Crippen molar-refractivity contribution in [2.75, 3.05) is 23.7 Å². The first-order valence-electron chi connectivity index (χ1n) is 9.37. The van der Waals surface area contributed by atoms with Crippen LogP contribution < -0.4 is 21.7 Å². The number of rotatable bonds is 4. The summed E-state index contributed by atoms with van der Waals surface area (Å²) in [4.78, 5) is 24.1. The number of piperidine rings is 1. The third kappa shape index (κ3) is 3.75. The number of aromatic nitrogens is 2. The van der Waals surface area contributed by atoms with Gasteiger partial charge in [0.25, 0.3) is 5.91 Å². The zero-order valence-corrected chi connectivity index (χ0v) is 17.6. The van der Waals surface area contributed by atoms with Gasteiger partial charge in [0.15, 0.2) is 0 Å². The zero-order chi connectivity index (χ0) is 20.8. The number of nitrogens with one attached hydrogen (secondary N) is 1. The van der Waals surface area contributed by atoms with Gasteiger partial charge in [0.1, 0.15) is 10.8 Å². The van der Waals surface area contributed by atoms with Crippen LogP contribution in [0.15, 0.2) is 22.2 Å². The molecule has 6 N–H and O–H groups in total. The Balaban J connectivity index is 1.78. The van der Waals surface area contributed by atoms with Gasteiger partial charge in [0, 0.05) is 41.8 Å². The number of amides is 1. The van der Waals surface area contributed by atoms with Crippen molar-refractivity contribution in [2.24, 2.45) is 5.73 Å². The number of pyridine rings is 2. The Labute approximate surface area is 178 Å². The van der Waals surface area contributed by atoms with Crippen molar-refractivity contribution in [1.29, 1.82) is 0 Å². The summed E-state index contributed by atoms with van der Waals surface area (Å²) in [5.41, 5.74) is 14.6. The average Bonchev–Trinajstić information content (AvgIpc) is 3.07. The lowest BCUT2D eigenvalue weighted by Gasteiger charge is -2.39. The van der Waals surface area contributed by atoms with Gasteiger partial charge < -0.3 is 26.8 Å². The van der Waals surface area contributed by atoms with Crippen molar-refractivity contribution in [3.05, 3.63) is 34.1 Å². The predicted molar refractivity (Wildman–Crippen MR) is 113 cm³/mol. The van der Waals surface area contributed by atoms with Crippen molar-refractivity contribution in [3.8, 4) is 0 Å². The number of hydrogen-bond donors (Lipinski definition) is 4. The lowest BCUT2D eigenvalue weighted by Crippen LogP contribution is -2.48. The molecule has 0 aliphatic carbocycles. The van der Waals surface area contributed by atoms with E-state index in [2.05, 4.69) is 27.1 Å². The number of aliphatic hydroxyl groups excluding tert-OH is 1. The predicted octanol–water partition coefficient (Wildman–Crippen LogP) is 1.92. The lowest BCUT2D eigenvalue weighted by atomic mass is 9.90. The van der Waals surface area contributed by atoms with E-state index in [0.717, 1.165) is 37.2 Å². The molecule has 2 aliphatic rings. The molecule has 1 fully saturated rings. The standard InChI is InChI=1S/C19H23ClN6O2S/c1-19(22)3-6-26(7-4-19)15-10-8-24-17(28)13(10)18(25-11(15)9-27)29-12-2-5-23-16(21)14(12)20/h2,5,27H,3-4,6-9,22H2,1H3,(H2,21,23)(H,24,28). The van der Waals surface area contributed by atoms with Crippen LogP contribution in [-0.4, -0.2) is 39.6 Å². The molecule has 0 bridgehead atoms. The van der Waals surface area contributed by atoms with Crippen LogP contribution in [0, 0.1) is 0 Å². The van der Waals surface area contributed by atoms with Crippen molar-refractivity contribution in [1.82, 2.24) is 15.3 Å². The second-order valence-electron chi connectivity index (χ2n) is 7.66. The maximum Gasteiger partial charge on any atom is 0.254 e. The van der Waals surface area contributed by atoms with Crippen molar-refractivity contribution in [3.63, 3.8) is 0 Å². The van der Waals surface area contributed by atoms with Crippen molar-refractivity contribution < 1.29 is 9.90 Å². The van der Waals surface area contributed by atoms with E-state index >= 15 is 0 Å². The van der Waals surface area contributed by atoms with Gasteiger partial charge in [0.05, 0.1) is 28.6 Å². The van der Waals surface area contributed by atoms with E-state index in [1.54, 1.807) is 12.3 Å². The largest absolute Gasteiger partial charge is 0.390 e. The van der Waals surface area contributed by atoms with Crippen LogP contribution in [0.25, 0.3) is 0 Å². The molecule has 154 valence electrons. The summed E-state index contributed by atoms with van der Waals surface area (Å²) in [5.74, 6) is 0.0366. The molecule has 10 heteroatoms. The smallest absolute Gasteiger partial charge is 0.254 e. The molecule has 0 aromatic carbocycles. The Morgan fingerprint density at radius 2 is 2.14 bits per heavy atom. The summed E-state index contributed by atoms with van der Waals surface area (Å²) in [6.45, 7) is 3.72. The minimum Gasteiger partial charge on any atom is -0.390 e. The molecule has 2 aromatic rings. The van der Waals surface area contributed by atoms with Crippen molar-refractivity contribution in [2.45, 2.75) is 48.4 Å². The summed E-state index contributed by atoms with van der Waals surface area (Å²) in [7, 11) is 0. The van der Waals surface area contributed by atoms with Gasteiger partial charge in [-0.3, -0.25) is 4.79 Å². The molecular weight excluding hydrogens is 412 g/mol. The molecule has 1 amide bonds. The van der Waals surface area contributed by atoms with E-state index in [1.165, 1.54) is 11.8 Å². The third-order valence-electron chi connectivity index (χ3n) is 5.42. The summed E-state index contributed by atoms with van der Waals surface area (Å²) in [6.07, 6.45) is 3.22. The van der Waals surface area contributed by atoms with E-state index in [-0.39, 0.29) is 23.9 Å². The summed E-state index contributed by atoms with van der Waals surface area (Å²) >= 11 is 7.53. The lowest BCUT2D eigenvalue weighted by molar-refractivity contribution is 0.0962. The van der Waals surface area contributed by atoms with E-state index < -0.39 is 0 Å². The maximum absolute atomic E-state index is 12.6. The number of anilines is 2. The van der Waals surface area contributed by atoms with Crippen LogP contribution in [0.2, 0.25) is 5.02 Å². The molecule has 29 heavy (non-hydrogen) atoms. The third-order valence-corrected chi connectivity index (χ3v) is 6.98.